The Balaban J connectivity index is 1.94. The second kappa shape index (κ2) is 7.71. The normalized spacial score (nSPS) is 13.1. The van der Waals surface area contributed by atoms with Crippen LogP contribution in [0.15, 0.2) is 30.5 Å². The van der Waals surface area contributed by atoms with E-state index in [1.54, 1.807) is 16.4 Å². The summed E-state index contributed by atoms with van der Waals surface area (Å²) in [6.45, 7) is 8.51. The van der Waals surface area contributed by atoms with Gasteiger partial charge in [-0.2, -0.15) is 0 Å². The molecule has 3 aromatic rings. The lowest BCUT2D eigenvalue weighted by Crippen LogP contribution is -2.18. The third-order valence-corrected chi connectivity index (χ3v) is 4.43. The summed E-state index contributed by atoms with van der Waals surface area (Å²) < 4.78 is 1.74. The highest BCUT2D eigenvalue weighted by atomic mass is 16.5. The lowest BCUT2D eigenvalue weighted by atomic mass is 10.0. The first-order valence-corrected chi connectivity index (χ1v) is 8.92. The van der Waals surface area contributed by atoms with E-state index in [1.165, 1.54) is 17.7 Å². The summed E-state index contributed by atoms with van der Waals surface area (Å²) in [4.78, 5) is 19.3. The van der Waals surface area contributed by atoms with Gasteiger partial charge in [0.05, 0.1) is 17.2 Å². The van der Waals surface area contributed by atoms with Crippen molar-refractivity contribution in [2.24, 2.45) is 5.92 Å². The van der Waals surface area contributed by atoms with Crippen molar-refractivity contribution in [2.75, 3.05) is 0 Å². The van der Waals surface area contributed by atoms with E-state index < -0.39 is 5.91 Å². The average molecular weight is 368 g/mol. The number of carbonyl (C=O) groups excluding carboxylic acids is 1. The number of hydroxylamine groups is 1. The summed E-state index contributed by atoms with van der Waals surface area (Å²) in [5.74, 6) is 0.856. The van der Waals surface area contributed by atoms with Gasteiger partial charge in [-0.25, -0.2) is 15.1 Å². The minimum absolute atomic E-state index is 0.124. The monoisotopic (exact) mass is 368 g/mol. The van der Waals surface area contributed by atoms with Gasteiger partial charge < -0.3 is 4.98 Å². The van der Waals surface area contributed by atoms with E-state index in [0.29, 0.717) is 11.6 Å². The van der Waals surface area contributed by atoms with Crippen LogP contribution < -0.4 is 5.48 Å². The molecule has 0 saturated carbocycles. The van der Waals surface area contributed by atoms with Crippen molar-refractivity contribution in [3.8, 4) is 0 Å². The van der Waals surface area contributed by atoms with Gasteiger partial charge in [0.1, 0.15) is 17.6 Å². The number of nitrogens with zero attached hydrogens (tertiary/aromatic N) is 4. The van der Waals surface area contributed by atoms with Crippen LogP contribution in [0.5, 0.6) is 0 Å². The van der Waals surface area contributed by atoms with Crippen LogP contribution in [0.1, 0.15) is 56.7 Å². The summed E-state index contributed by atoms with van der Waals surface area (Å²) in [5.41, 5.74) is 5.23. The molecule has 0 bridgehead atoms. The van der Waals surface area contributed by atoms with Crippen LogP contribution in [-0.2, 0) is 4.79 Å². The third-order valence-electron chi connectivity index (χ3n) is 4.43. The summed E-state index contributed by atoms with van der Waals surface area (Å²) >= 11 is 0. The summed E-state index contributed by atoms with van der Waals surface area (Å²) in [5, 5.41) is 16.8. The van der Waals surface area contributed by atoms with Gasteiger partial charge in [-0.3, -0.25) is 10.0 Å². The molecule has 142 valence electrons. The smallest absolute Gasteiger partial charge is 0.267 e. The van der Waals surface area contributed by atoms with Crippen molar-refractivity contribution in [3.63, 3.8) is 0 Å². The predicted molar refractivity (Wildman–Crippen MR) is 102 cm³/mol. The van der Waals surface area contributed by atoms with E-state index in [-0.39, 0.29) is 12.0 Å². The number of hydrogen-bond acceptors (Lipinski definition) is 5. The van der Waals surface area contributed by atoms with Gasteiger partial charge >= 0.3 is 0 Å². The van der Waals surface area contributed by atoms with Crippen molar-refractivity contribution < 1.29 is 10.0 Å². The maximum atomic E-state index is 11.1. The van der Waals surface area contributed by atoms with Crippen molar-refractivity contribution in [3.05, 3.63) is 47.6 Å². The highest BCUT2D eigenvalue weighted by molar-refractivity contribution is 5.90. The Hall–Kier alpha value is -3.00. The molecule has 0 aliphatic carbocycles. The molecule has 8 heteroatoms. The summed E-state index contributed by atoms with van der Waals surface area (Å²) in [7, 11) is 0. The van der Waals surface area contributed by atoms with Crippen molar-refractivity contribution in [1.29, 1.82) is 0 Å². The molecule has 1 atom stereocenters. The molecule has 1 aromatic carbocycles. The Bertz CT molecular complexity index is 970. The van der Waals surface area contributed by atoms with Gasteiger partial charge in [-0.05, 0) is 35.6 Å². The predicted octanol–water partition coefficient (Wildman–Crippen LogP) is 3.04. The highest BCUT2D eigenvalue weighted by Gasteiger charge is 2.23. The van der Waals surface area contributed by atoms with Crippen molar-refractivity contribution in [2.45, 2.75) is 39.7 Å². The third kappa shape index (κ3) is 4.06. The fourth-order valence-corrected chi connectivity index (χ4v) is 2.99. The average Bonchev–Trinajstić information content (AvgIpc) is 3.25. The van der Waals surface area contributed by atoms with E-state index in [4.69, 9.17) is 10.2 Å². The highest BCUT2D eigenvalue weighted by Crippen LogP contribution is 2.27. The number of aromatic nitrogens is 5. The fourth-order valence-electron chi connectivity index (χ4n) is 2.99. The van der Waals surface area contributed by atoms with Gasteiger partial charge in [0.15, 0.2) is 0 Å². The maximum absolute atomic E-state index is 11.1. The molecule has 1 unspecified atom stereocenters. The quantitative estimate of drug-likeness (QED) is 0.352. The Morgan fingerprint density at radius 3 is 2.74 bits per heavy atom. The number of nitrogens with one attached hydrogen (secondary N) is 2. The molecule has 0 spiro atoms. The number of benzene rings is 1. The van der Waals surface area contributed by atoms with E-state index in [1.807, 2.05) is 6.07 Å². The van der Waals surface area contributed by atoms with Gasteiger partial charge in [-0.1, -0.05) is 39.0 Å². The van der Waals surface area contributed by atoms with Gasteiger partial charge in [0.2, 0.25) is 0 Å². The first-order chi connectivity index (χ1) is 12.9. The molecule has 3 rings (SSSR count). The van der Waals surface area contributed by atoms with Crippen LogP contribution in [0.25, 0.3) is 17.1 Å². The Morgan fingerprint density at radius 2 is 2.07 bits per heavy atom. The zero-order valence-corrected chi connectivity index (χ0v) is 15.8. The maximum Gasteiger partial charge on any atom is 0.267 e. The number of amides is 1. The van der Waals surface area contributed by atoms with Crippen molar-refractivity contribution >= 4 is 23.0 Å². The molecule has 1 amide bonds. The molecule has 0 saturated heterocycles. The number of rotatable bonds is 6. The van der Waals surface area contributed by atoms with Crippen molar-refractivity contribution in [1.82, 2.24) is 30.4 Å². The number of imidazole rings is 1. The SMILES string of the molecule is CC(C)c1ccc2nc(C(C(C)C)n3cc(C=CC(=O)NO)nn3)[nH]c2c1. The summed E-state index contributed by atoms with van der Waals surface area (Å²) in [6.07, 6.45) is 4.42. The zero-order chi connectivity index (χ0) is 19.6. The second-order valence-electron chi connectivity index (χ2n) is 7.17. The first kappa shape index (κ1) is 18.8. The second-order valence-corrected chi connectivity index (χ2v) is 7.17. The van der Waals surface area contributed by atoms with Crippen LogP contribution in [0, 0.1) is 5.92 Å². The van der Waals surface area contributed by atoms with E-state index >= 15 is 0 Å². The van der Waals surface area contributed by atoms with Crippen LogP contribution in [0.2, 0.25) is 0 Å². The Labute approximate surface area is 157 Å². The van der Waals surface area contributed by atoms with Crippen LogP contribution in [0.3, 0.4) is 0 Å². The fraction of sp³-hybridized carbons (Fsp3) is 0.368. The molecule has 27 heavy (non-hydrogen) atoms. The van der Waals surface area contributed by atoms with Gasteiger partial charge in [0, 0.05) is 6.08 Å². The molecule has 0 fully saturated rings. The zero-order valence-electron chi connectivity index (χ0n) is 15.8. The number of hydrogen-bond donors (Lipinski definition) is 3. The van der Waals surface area contributed by atoms with E-state index in [2.05, 4.69) is 55.1 Å². The molecule has 0 aliphatic heterocycles. The van der Waals surface area contributed by atoms with Gasteiger partial charge in [0.25, 0.3) is 5.91 Å². The molecule has 8 nitrogen and oxygen atoms in total. The number of H-pyrrole nitrogens is 1. The molecule has 0 radical (unpaired) electrons. The molecule has 3 N–H and O–H groups in total. The lowest BCUT2D eigenvalue weighted by Gasteiger charge is -2.18. The Morgan fingerprint density at radius 1 is 1.30 bits per heavy atom. The first-order valence-electron chi connectivity index (χ1n) is 8.92. The van der Waals surface area contributed by atoms with Crippen LogP contribution in [0.4, 0.5) is 0 Å². The summed E-state index contributed by atoms with van der Waals surface area (Å²) in [6, 6.07) is 6.15. The molecule has 0 aliphatic rings. The lowest BCUT2D eigenvalue weighted by molar-refractivity contribution is -0.124. The molecular formula is C19H24N6O2. The number of carbonyl (C=O) groups is 1. The van der Waals surface area contributed by atoms with E-state index in [0.717, 1.165) is 16.9 Å². The topological polar surface area (TPSA) is 109 Å². The number of aromatic amines is 1. The molecular weight excluding hydrogens is 344 g/mol. The standard InChI is InChI=1S/C19H24N6O2/c1-11(2)13-5-7-15-16(9-13)21-19(20-15)18(12(3)4)25-10-14(22-24-25)6-8-17(26)23-27/h5-12,18,27H,1-4H3,(H,20,21)(H,23,26). The molecule has 2 aromatic heterocycles. The molecule has 2 heterocycles. The number of fused-ring (bicyclic) bond motifs is 1. The minimum atomic E-state index is -0.622. The minimum Gasteiger partial charge on any atom is -0.340 e. The van der Waals surface area contributed by atoms with Crippen LogP contribution in [-0.4, -0.2) is 36.1 Å². The Kier molecular flexibility index (Phi) is 5.36. The van der Waals surface area contributed by atoms with Crippen LogP contribution >= 0.6 is 0 Å². The van der Waals surface area contributed by atoms with E-state index in [9.17, 15) is 4.79 Å². The van der Waals surface area contributed by atoms with Gasteiger partial charge in [-0.15, -0.1) is 5.10 Å². The largest absolute Gasteiger partial charge is 0.340 e.